The van der Waals surface area contributed by atoms with E-state index in [0.717, 1.165) is 18.1 Å². The van der Waals surface area contributed by atoms with Crippen molar-refractivity contribution in [3.63, 3.8) is 0 Å². The summed E-state index contributed by atoms with van der Waals surface area (Å²) in [6.45, 7) is 3.07. The van der Waals surface area contributed by atoms with Crippen molar-refractivity contribution < 1.29 is 13.5 Å². The molecular formula is C20H20ClF2N3OS. The molecule has 0 amide bonds. The van der Waals surface area contributed by atoms with Gasteiger partial charge in [-0.25, -0.2) is 8.78 Å². The summed E-state index contributed by atoms with van der Waals surface area (Å²) in [4.78, 5) is 0. The predicted molar refractivity (Wildman–Crippen MR) is 108 cm³/mol. The van der Waals surface area contributed by atoms with Crippen molar-refractivity contribution >= 4 is 23.4 Å². The minimum Gasteiger partial charge on any atom is -0.385 e. The minimum absolute atomic E-state index is 0.273. The number of aromatic nitrogens is 3. The number of benzene rings is 2. The highest BCUT2D eigenvalue weighted by Crippen LogP contribution is 2.37. The highest BCUT2D eigenvalue weighted by Gasteiger charge is 2.20. The normalized spacial score (nSPS) is 12.3. The summed E-state index contributed by atoms with van der Waals surface area (Å²) in [7, 11) is 1.65. The molecule has 0 aliphatic carbocycles. The van der Waals surface area contributed by atoms with Gasteiger partial charge in [-0.3, -0.25) is 0 Å². The Bertz CT molecular complexity index is 951. The monoisotopic (exact) mass is 423 g/mol. The molecule has 1 unspecified atom stereocenters. The Morgan fingerprint density at radius 1 is 1.18 bits per heavy atom. The average Bonchev–Trinajstić information content (AvgIpc) is 3.04. The van der Waals surface area contributed by atoms with E-state index in [1.54, 1.807) is 13.2 Å². The van der Waals surface area contributed by atoms with Gasteiger partial charge in [-0.1, -0.05) is 41.6 Å². The quantitative estimate of drug-likeness (QED) is 0.341. The van der Waals surface area contributed by atoms with Crippen LogP contribution in [0.4, 0.5) is 8.78 Å². The first-order chi connectivity index (χ1) is 13.5. The molecule has 1 aromatic heterocycles. The van der Waals surface area contributed by atoms with E-state index in [1.165, 1.54) is 23.9 Å². The van der Waals surface area contributed by atoms with Gasteiger partial charge in [0.05, 0.1) is 5.02 Å². The molecule has 1 atom stereocenters. The molecule has 8 heteroatoms. The van der Waals surface area contributed by atoms with Crippen LogP contribution in [0.3, 0.4) is 0 Å². The van der Waals surface area contributed by atoms with E-state index in [9.17, 15) is 8.78 Å². The number of thioether (sulfide) groups is 1. The fourth-order valence-electron chi connectivity index (χ4n) is 2.84. The van der Waals surface area contributed by atoms with E-state index < -0.39 is 11.6 Å². The number of nitrogens with zero attached hydrogens (tertiary/aromatic N) is 3. The van der Waals surface area contributed by atoms with Crippen LogP contribution in [0.1, 0.15) is 24.2 Å². The van der Waals surface area contributed by atoms with Crippen LogP contribution in [-0.4, -0.2) is 28.5 Å². The van der Waals surface area contributed by atoms with Gasteiger partial charge in [0, 0.05) is 42.7 Å². The summed E-state index contributed by atoms with van der Waals surface area (Å²) in [5.74, 6) is -0.519. The predicted octanol–water partition coefficient (Wildman–Crippen LogP) is 5.77. The molecule has 0 saturated carbocycles. The van der Waals surface area contributed by atoms with Crippen molar-refractivity contribution in [2.45, 2.75) is 30.3 Å². The Labute approximate surface area is 171 Å². The zero-order valence-corrected chi connectivity index (χ0v) is 17.1. The van der Waals surface area contributed by atoms with Crippen LogP contribution in [0.5, 0.6) is 0 Å². The summed E-state index contributed by atoms with van der Waals surface area (Å²) in [5.41, 5.74) is 1.19. The lowest BCUT2D eigenvalue weighted by Gasteiger charge is -2.15. The lowest BCUT2D eigenvalue weighted by Crippen LogP contribution is -2.06. The lowest BCUT2D eigenvalue weighted by molar-refractivity contribution is 0.189. The Balaban J connectivity index is 1.92. The molecule has 0 spiro atoms. The maximum atomic E-state index is 14.1. The van der Waals surface area contributed by atoms with Gasteiger partial charge in [0.2, 0.25) is 0 Å². The van der Waals surface area contributed by atoms with Crippen molar-refractivity contribution in [3.8, 4) is 11.4 Å². The van der Waals surface area contributed by atoms with Crippen LogP contribution in [-0.2, 0) is 11.3 Å². The second-order valence-electron chi connectivity index (χ2n) is 6.21. The fraction of sp³-hybridized carbons (Fsp3) is 0.300. The zero-order valence-electron chi connectivity index (χ0n) is 15.5. The van der Waals surface area contributed by atoms with Gasteiger partial charge in [-0.2, -0.15) is 0 Å². The molecule has 0 saturated heterocycles. The zero-order chi connectivity index (χ0) is 20.1. The smallest absolute Gasteiger partial charge is 0.192 e. The van der Waals surface area contributed by atoms with E-state index in [2.05, 4.69) is 10.2 Å². The van der Waals surface area contributed by atoms with Gasteiger partial charge in [-0.15, -0.1) is 10.2 Å². The summed E-state index contributed by atoms with van der Waals surface area (Å²) >= 11 is 7.71. The van der Waals surface area contributed by atoms with Crippen LogP contribution >= 0.6 is 23.4 Å². The standard InChI is InChI=1S/C20H20ClF2N3OS/c1-13(15-9-8-14(22)12-18(15)23)28-20-25-24-19(26(20)10-5-11-27-2)16-6-3-4-7-17(16)21/h3-4,6-9,12-13H,5,10-11H2,1-2H3. The fourth-order valence-corrected chi connectivity index (χ4v) is 4.09. The summed E-state index contributed by atoms with van der Waals surface area (Å²) in [6, 6.07) is 11.0. The first-order valence-corrected chi connectivity index (χ1v) is 10.1. The maximum absolute atomic E-state index is 14.1. The molecule has 0 aliphatic rings. The van der Waals surface area contributed by atoms with Gasteiger partial charge >= 0.3 is 0 Å². The second kappa shape index (κ2) is 9.49. The number of methoxy groups -OCH3 is 1. The van der Waals surface area contributed by atoms with E-state index >= 15 is 0 Å². The average molecular weight is 424 g/mol. The Kier molecular flexibility index (Phi) is 7.04. The number of rotatable bonds is 8. The van der Waals surface area contributed by atoms with Crippen molar-refractivity contribution in [3.05, 3.63) is 64.7 Å². The largest absolute Gasteiger partial charge is 0.385 e. The molecule has 3 rings (SSSR count). The van der Waals surface area contributed by atoms with Crippen molar-refractivity contribution in [2.24, 2.45) is 0 Å². The molecule has 28 heavy (non-hydrogen) atoms. The van der Waals surface area contributed by atoms with Crippen LogP contribution < -0.4 is 0 Å². The second-order valence-corrected chi connectivity index (χ2v) is 7.93. The molecule has 0 aliphatic heterocycles. The van der Waals surface area contributed by atoms with Gasteiger partial charge in [0.25, 0.3) is 0 Å². The van der Waals surface area contributed by atoms with Crippen molar-refractivity contribution in [1.82, 2.24) is 14.8 Å². The van der Waals surface area contributed by atoms with Crippen LogP contribution in [0, 0.1) is 11.6 Å². The molecular weight excluding hydrogens is 404 g/mol. The van der Waals surface area contributed by atoms with Crippen molar-refractivity contribution in [1.29, 1.82) is 0 Å². The molecule has 4 nitrogen and oxygen atoms in total. The molecule has 0 radical (unpaired) electrons. The summed E-state index contributed by atoms with van der Waals surface area (Å²) < 4.78 is 34.5. The van der Waals surface area contributed by atoms with Gasteiger partial charge in [0.1, 0.15) is 11.6 Å². The SMILES string of the molecule is COCCCn1c(SC(C)c2ccc(F)cc2F)nnc1-c1ccccc1Cl. The van der Waals surface area contributed by atoms with Gasteiger partial charge < -0.3 is 9.30 Å². The third kappa shape index (κ3) is 4.71. The molecule has 1 heterocycles. The number of hydrogen-bond donors (Lipinski definition) is 0. The molecule has 148 valence electrons. The molecule has 2 aromatic carbocycles. The molecule has 0 fully saturated rings. The molecule has 0 N–H and O–H groups in total. The van der Waals surface area contributed by atoms with Gasteiger partial charge in [-0.05, 0) is 31.5 Å². The third-order valence-corrected chi connectivity index (χ3v) is 5.69. The van der Waals surface area contributed by atoms with Crippen LogP contribution in [0.25, 0.3) is 11.4 Å². The number of halogens is 3. The van der Waals surface area contributed by atoms with E-state index in [-0.39, 0.29) is 5.25 Å². The highest BCUT2D eigenvalue weighted by molar-refractivity contribution is 7.99. The van der Waals surface area contributed by atoms with E-state index in [0.29, 0.717) is 34.7 Å². The Hall–Kier alpha value is -1.96. The van der Waals surface area contributed by atoms with Gasteiger partial charge in [0.15, 0.2) is 11.0 Å². The lowest BCUT2D eigenvalue weighted by atomic mass is 10.1. The van der Waals surface area contributed by atoms with E-state index in [1.807, 2.05) is 29.7 Å². The minimum atomic E-state index is -0.595. The first-order valence-electron chi connectivity index (χ1n) is 8.80. The topological polar surface area (TPSA) is 39.9 Å². The Morgan fingerprint density at radius 2 is 1.96 bits per heavy atom. The molecule has 3 aromatic rings. The summed E-state index contributed by atoms with van der Waals surface area (Å²) in [6.07, 6.45) is 0.763. The number of hydrogen-bond acceptors (Lipinski definition) is 4. The third-order valence-electron chi connectivity index (χ3n) is 4.24. The maximum Gasteiger partial charge on any atom is 0.192 e. The molecule has 0 bridgehead atoms. The highest BCUT2D eigenvalue weighted by atomic mass is 35.5. The van der Waals surface area contributed by atoms with Crippen LogP contribution in [0.15, 0.2) is 47.6 Å². The number of ether oxygens (including phenoxy) is 1. The summed E-state index contributed by atoms with van der Waals surface area (Å²) in [5, 5.41) is 9.58. The Morgan fingerprint density at radius 3 is 2.68 bits per heavy atom. The van der Waals surface area contributed by atoms with E-state index in [4.69, 9.17) is 16.3 Å². The first kappa shape index (κ1) is 20.8. The van der Waals surface area contributed by atoms with Crippen LogP contribution in [0.2, 0.25) is 5.02 Å². The van der Waals surface area contributed by atoms with Crippen molar-refractivity contribution in [2.75, 3.05) is 13.7 Å².